The summed E-state index contributed by atoms with van der Waals surface area (Å²) in [5, 5.41) is 12.5. The third-order valence-electron chi connectivity index (χ3n) is 2.66. The van der Waals surface area contributed by atoms with Gasteiger partial charge in [0, 0.05) is 10.2 Å². The molecule has 0 aliphatic rings. The number of halogens is 1. The fourth-order valence-corrected chi connectivity index (χ4v) is 2.01. The molecule has 0 amide bonds. The van der Waals surface area contributed by atoms with Crippen molar-refractivity contribution in [3.63, 3.8) is 0 Å². The Morgan fingerprint density at radius 3 is 2.50 bits per heavy atom. The number of hydrogen-bond donors (Lipinski definition) is 1. The summed E-state index contributed by atoms with van der Waals surface area (Å²) in [7, 11) is 0. The molecule has 18 heavy (non-hydrogen) atoms. The molecule has 0 heterocycles. The third-order valence-corrected chi connectivity index (χ3v) is 3.19. The maximum Gasteiger partial charge on any atom is 0.140 e. The molecule has 2 rings (SSSR count). The van der Waals surface area contributed by atoms with Gasteiger partial charge in [0.25, 0.3) is 0 Å². The molecule has 0 aromatic heterocycles. The van der Waals surface area contributed by atoms with Crippen LogP contribution in [0.25, 0.3) is 0 Å². The highest BCUT2D eigenvalue weighted by Crippen LogP contribution is 2.21. The Balaban J connectivity index is 2.20. The highest BCUT2D eigenvalue weighted by Gasteiger charge is 2.09. The molecule has 1 atom stereocenters. The van der Waals surface area contributed by atoms with Crippen molar-refractivity contribution in [3.05, 3.63) is 64.1 Å². The van der Waals surface area contributed by atoms with Crippen LogP contribution in [0.5, 0.6) is 0 Å². The summed E-state index contributed by atoms with van der Waals surface area (Å²) >= 11 is 3.39. The minimum absolute atomic E-state index is 0.333. The van der Waals surface area contributed by atoms with E-state index in [1.54, 1.807) is 0 Å². The van der Waals surface area contributed by atoms with Gasteiger partial charge in [-0.3, -0.25) is 0 Å². The molecule has 0 aliphatic carbocycles. The summed E-state index contributed by atoms with van der Waals surface area (Å²) < 4.78 is 1.01. The SMILES string of the molecule is Cc1cccc(NC(C#N)c2ccc(Br)cc2)c1. The first-order valence-corrected chi connectivity index (χ1v) is 6.46. The van der Waals surface area contributed by atoms with Crippen molar-refractivity contribution in [1.29, 1.82) is 5.26 Å². The second-order valence-electron chi connectivity index (χ2n) is 4.13. The molecule has 2 aromatic rings. The van der Waals surface area contributed by atoms with Crippen LogP contribution >= 0.6 is 15.9 Å². The first kappa shape index (κ1) is 12.7. The van der Waals surface area contributed by atoms with E-state index in [0.717, 1.165) is 15.7 Å². The molecule has 1 unspecified atom stereocenters. The van der Waals surface area contributed by atoms with Crippen molar-refractivity contribution in [2.75, 3.05) is 5.32 Å². The lowest BCUT2D eigenvalue weighted by atomic mass is 10.1. The second kappa shape index (κ2) is 5.70. The maximum atomic E-state index is 9.26. The molecular formula is C15H13BrN2. The van der Waals surface area contributed by atoms with Crippen LogP contribution in [0.15, 0.2) is 53.0 Å². The first-order valence-electron chi connectivity index (χ1n) is 5.67. The van der Waals surface area contributed by atoms with Gasteiger partial charge >= 0.3 is 0 Å². The number of nitriles is 1. The molecule has 0 spiro atoms. The van der Waals surface area contributed by atoms with Crippen LogP contribution in [0.4, 0.5) is 5.69 Å². The number of anilines is 1. The molecule has 0 saturated heterocycles. The second-order valence-corrected chi connectivity index (χ2v) is 5.04. The Morgan fingerprint density at radius 2 is 1.89 bits per heavy atom. The van der Waals surface area contributed by atoms with Crippen molar-refractivity contribution in [1.82, 2.24) is 0 Å². The molecule has 0 fully saturated rings. The van der Waals surface area contributed by atoms with E-state index in [4.69, 9.17) is 0 Å². The van der Waals surface area contributed by atoms with Crippen LogP contribution in [0.2, 0.25) is 0 Å². The number of aryl methyl sites for hydroxylation is 1. The minimum Gasteiger partial charge on any atom is -0.366 e. The molecule has 0 bridgehead atoms. The van der Waals surface area contributed by atoms with Gasteiger partial charge in [-0.25, -0.2) is 0 Å². The van der Waals surface area contributed by atoms with Gasteiger partial charge < -0.3 is 5.32 Å². The maximum absolute atomic E-state index is 9.26. The van der Waals surface area contributed by atoms with Gasteiger partial charge in [0.05, 0.1) is 6.07 Å². The van der Waals surface area contributed by atoms with Gasteiger partial charge in [-0.15, -0.1) is 0 Å². The lowest BCUT2D eigenvalue weighted by Gasteiger charge is -2.13. The lowest BCUT2D eigenvalue weighted by Crippen LogP contribution is -2.08. The van der Waals surface area contributed by atoms with Gasteiger partial charge in [-0.2, -0.15) is 5.26 Å². The Kier molecular flexibility index (Phi) is 4.01. The Morgan fingerprint density at radius 1 is 1.17 bits per heavy atom. The molecule has 0 aliphatic heterocycles. The summed E-state index contributed by atoms with van der Waals surface area (Å²) in [4.78, 5) is 0. The van der Waals surface area contributed by atoms with Crippen LogP contribution in [-0.2, 0) is 0 Å². The highest BCUT2D eigenvalue weighted by atomic mass is 79.9. The monoisotopic (exact) mass is 300 g/mol. The van der Waals surface area contributed by atoms with E-state index in [2.05, 4.69) is 27.3 Å². The summed E-state index contributed by atoms with van der Waals surface area (Å²) in [6.07, 6.45) is 0. The van der Waals surface area contributed by atoms with Crippen LogP contribution in [0.1, 0.15) is 17.2 Å². The summed E-state index contributed by atoms with van der Waals surface area (Å²) in [5.41, 5.74) is 3.10. The average Bonchev–Trinajstić information content (AvgIpc) is 2.37. The van der Waals surface area contributed by atoms with E-state index in [1.165, 1.54) is 5.56 Å². The molecule has 0 radical (unpaired) electrons. The number of nitrogens with zero attached hydrogens (tertiary/aromatic N) is 1. The Labute approximate surface area is 115 Å². The molecule has 2 aromatic carbocycles. The smallest absolute Gasteiger partial charge is 0.140 e. The topological polar surface area (TPSA) is 35.8 Å². The van der Waals surface area contributed by atoms with Crippen molar-refractivity contribution in [2.45, 2.75) is 13.0 Å². The first-order chi connectivity index (χ1) is 8.69. The number of benzene rings is 2. The fraction of sp³-hybridized carbons (Fsp3) is 0.133. The van der Waals surface area contributed by atoms with E-state index in [1.807, 2.05) is 55.5 Å². The fourth-order valence-electron chi connectivity index (χ4n) is 1.75. The number of hydrogen-bond acceptors (Lipinski definition) is 2. The molecular weight excluding hydrogens is 288 g/mol. The lowest BCUT2D eigenvalue weighted by molar-refractivity contribution is 0.996. The van der Waals surface area contributed by atoms with Gasteiger partial charge in [0.15, 0.2) is 0 Å². The van der Waals surface area contributed by atoms with Crippen LogP contribution in [0, 0.1) is 18.3 Å². The Bertz CT molecular complexity index is 570. The minimum atomic E-state index is -0.333. The van der Waals surface area contributed by atoms with E-state index < -0.39 is 0 Å². The largest absolute Gasteiger partial charge is 0.366 e. The van der Waals surface area contributed by atoms with E-state index in [9.17, 15) is 5.26 Å². The zero-order chi connectivity index (χ0) is 13.0. The number of rotatable bonds is 3. The van der Waals surface area contributed by atoms with E-state index in [0.29, 0.717) is 0 Å². The third kappa shape index (κ3) is 3.12. The zero-order valence-electron chi connectivity index (χ0n) is 10.0. The van der Waals surface area contributed by atoms with Gasteiger partial charge in [0.1, 0.15) is 6.04 Å². The predicted molar refractivity (Wildman–Crippen MR) is 77.3 cm³/mol. The Hall–Kier alpha value is -1.79. The zero-order valence-corrected chi connectivity index (χ0v) is 11.6. The summed E-state index contributed by atoms with van der Waals surface area (Å²) in [6.45, 7) is 2.03. The molecule has 3 heteroatoms. The van der Waals surface area contributed by atoms with Crippen LogP contribution < -0.4 is 5.32 Å². The molecule has 1 N–H and O–H groups in total. The van der Waals surface area contributed by atoms with Gasteiger partial charge in [0.2, 0.25) is 0 Å². The predicted octanol–water partition coefficient (Wildman–Crippen LogP) is 4.43. The summed E-state index contributed by atoms with van der Waals surface area (Å²) in [6, 6.07) is 17.7. The van der Waals surface area contributed by atoms with Crippen LogP contribution in [0.3, 0.4) is 0 Å². The van der Waals surface area contributed by atoms with Gasteiger partial charge in [-0.05, 0) is 42.3 Å². The number of nitrogens with one attached hydrogen (secondary N) is 1. The average molecular weight is 301 g/mol. The quantitative estimate of drug-likeness (QED) is 0.910. The molecule has 90 valence electrons. The molecule has 0 saturated carbocycles. The normalized spacial score (nSPS) is 11.6. The van der Waals surface area contributed by atoms with Gasteiger partial charge in [-0.1, -0.05) is 40.2 Å². The summed E-state index contributed by atoms with van der Waals surface area (Å²) in [5.74, 6) is 0. The highest BCUT2D eigenvalue weighted by molar-refractivity contribution is 9.10. The van der Waals surface area contributed by atoms with Crippen molar-refractivity contribution >= 4 is 21.6 Å². The van der Waals surface area contributed by atoms with E-state index in [-0.39, 0.29) is 6.04 Å². The van der Waals surface area contributed by atoms with Crippen LogP contribution in [-0.4, -0.2) is 0 Å². The molecule has 2 nitrogen and oxygen atoms in total. The van der Waals surface area contributed by atoms with Crippen molar-refractivity contribution in [3.8, 4) is 6.07 Å². The standard InChI is InChI=1S/C15H13BrN2/c1-11-3-2-4-14(9-11)18-15(10-17)12-5-7-13(16)8-6-12/h2-9,15,18H,1H3. The van der Waals surface area contributed by atoms with Crippen molar-refractivity contribution < 1.29 is 0 Å². The van der Waals surface area contributed by atoms with Crippen molar-refractivity contribution in [2.24, 2.45) is 0 Å². The van der Waals surface area contributed by atoms with E-state index >= 15 is 0 Å².